The molecule has 2 heteroatoms. The fourth-order valence-corrected chi connectivity index (χ4v) is 4.02. The Balaban J connectivity index is 1.65. The lowest BCUT2D eigenvalue weighted by Crippen LogP contribution is -2.22. The van der Waals surface area contributed by atoms with Gasteiger partial charge in [0.15, 0.2) is 0 Å². The van der Waals surface area contributed by atoms with Crippen molar-refractivity contribution in [3.05, 3.63) is 29.3 Å². The number of rotatable bonds is 5. The highest BCUT2D eigenvalue weighted by molar-refractivity contribution is 5.55. The molecular formula is C18H28N2. The van der Waals surface area contributed by atoms with Crippen molar-refractivity contribution in [3.8, 4) is 0 Å². The average molecular weight is 272 g/mol. The van der Waals surface area contributed by atoms with Crippen LogP contribution in [0.3, 0.4) is 0 Å². The van der Waals surface area contributed by atoms with Gasteiger partial charge in [0.2, 0.25) is 0 Å². The Morgan fingerprint density at radius 3 is 2.60 bits per heavy atom. The first-order valence-electron chi connectivity index (χ1n) is 8.33. The molecule has 0 bridgehead atoms. The minimum Gasteiger partial charge on any atom is -0.371 e. The summed E-state index contributed by atoms with van der Waals surface area (Å²) in [7, 11) is 0. The van der Waals surface area contributed by atoms with Crippen LogP contribution in [0, 0.1) is 18.8 Å². The molecule has 2 unspecified atom stereocenters. The fourth-order valence-electron chi connectivity index (χ4n) is 4.02. The lowest BCUT2D eigenvalue weighted by molar-refractivity contribution is 0.494. The molecule has 1 aliphatic carbocycles. The molecule has 20 heavy (non-hydrogen) atoms. The van der Waals surface area contributed by atoms with E-state index in [1.54, 1.807) is 0 Å². The van der Waals surface area contributed by atoms with Crippen LogP contribution in [-0.2, 0) is 6.54 Å². The van der Waals surface area contributed by atoms with E-state index in [0.717, 1.165) is 24.9 Å². The third kappa shape index (κ3) is 2.85. The second-order valence-electron chi connectivity index (χ2n) is 6.65. The summed E-state index contributed by atoms with van der Waals surface area (Å²) in [5.74, 6) is 1.94. The van der Waals surface area contributed by atoms with Gasteiger partial charge in [-0.2, -0.15) is 0 Å². The maximum atomic E-state index is 3.49. The number of hydrogen-bond acceptors (Lipinski definition) is 2. The predicted octanol–water partition coefficient (Wildman–Crippen LogP) is 3.73. The van der Waals surface area contributed by atoms with E-state index < -0.39 is 0 Å². The van der Waals surface area contributed by atoms with Crippen LogP contribution >= 0.6 is 0 Å². The van der Waals surface area contributed by atoms with E-state index in [0.29, 0.717) is 0 Å². The van der Waals surface area contributed by atoms with Crippen molar-refractivity contribution in [2.24, 2.45) is 11.8 Å². The molecule has 1 N–H and O–H groups in total. The summed E-state index contributed by atoms with van der Waals surface area (Å²) in [5, 5.41) is 3.49. The van der Waals surface area contributed by atoms with Gasteiger partial charge in [-0.25, -0.2) is 0 Å². The summed E-state index contributed by atoms with van der Waals surface area (Å²) >= 11 is 0. The first-order valence-corrected chi connectivity index (χ1v) is 8.33. The van der Waals surface area contributed by atoms with E-state index in [9.17, 15) is 0 Å². The van der Waals surface area contributed by atoms with Gasteiger partial charge in [-0.15, -0.1) is 0 Å². The summed E-state index contributed by atoms with van der Waals surface area (Å²) in [6.07, 6.45) is 5.58. The van der Waals surface area contributed by atoms with Crippen molar-refractivity contribution in [1.29, 1.82) is 0 Å². The number of benzene rings is 1. The summed E-state index contributed by atoms with van der Waals surface area (Å²) in [6.45, 7) is 9.17. The van der Waals surface area contributed by atoms with Gasteiger partial charge in [0.1, 0.15) is 0 Å². The number of nitrogens with one attached hydrogen (secondary N) is 1. The minimum absolute atomic E-state index is 0.972. The molecule has 0 amide bonds. The largest absolute Gasteiger partial charge is 0.371 e. The van der Waals surface area contributed by atoms with Crippen LogP contribution in [0.25, 0.3) is 0 Å². The summed E-state index contributed by atoms with van der Waals surface area (Å²) < 4.78 is 0. The predicted molar refractivity (Wildman–Crippen MR) is 86.2 cm³/mol. The van der Waals surface area contributed by atoms with Gasteiger partial charge in [-0.3, -0.25) is 0 Å². The molecule has 2 fully saturated rings. The topological polar surface area (TPSA) is 15.3 Å². The number of fused-ring (bicyclic) bond motifs is 1. The van der Waals surface area contributed by atoms with E-state index in [4.69, 9.17) is 0 Å². The van der Waals surface area contributed by atoms with Gasteiger partial charge in [-0.05, 0) is 61.8 Å². The van der Waals surface area contributed by atoms with E-state index in [1.807, 2.05) is 0 Å². The summed E-state index contributed by atoms with van der Waals surface area (Å²) in [5.41, 5.74) is 4.33. The van der Waals surface area contributed by atoms with Gasteiger partial charge < -0.3 is 10.2 Å². The Hall–Kier alpha value is -1.02. The van der Waals surface area contributed by atoms with Gasteiger partial charge in [0.05, 0.1) is 0 Å². The first-order chi connectivity index (χ1) is 9.78. The molecule has 0 spiro atoms. The van der Waals surface area contributed by atoms with Crippen molar-refractivity contribution >= 4 is 5.69 Å². The van der Waals surface area contributed by atoms with Crippen LogP contribution < -0.4 is 10.2 Å². The number of nitrogens with zero attached hydrogens (tertiary/aromatic N) is 1. The molecule has 2 aliphatic rings. The van der Waals surface area contributed by atoms with Gasteiger partial charge in [0.25, 0.3) is 0 Å². The van der Waals surface area contributed by atoms with Crippen molar-refractivity contribution < 1.29 is 0 Å². The van der Waals surface area contributed by atoms with Crippen LogP contribution in [0.5, 0.6) is 0 Å². The maximum absolute atomic E-state index is 3.49. The molecule has 1 aliphatic heterocycles. The number of anilines is 1. The SMILES string of the molecule is CCCNCc1ccc(N2CC3CCCC3C2)c(C)c1. The quantitative estimate of drug-likeness (QED) is 0.822. The van der Waals surface area contributed by atoms with Crippen LogP contribution in [0.15, 0.2) is 18.2 Å². The first kappa shape index (κ1) is 13.9. The molecule has 1 aromatic carbocycles. The van der Waals surface area contributed by atoms with Crippen molar-refractivity contribution in [3.63, 3.8) is 0 Å². The molecule has 0 aromatic heterocycles. The van der Waals surface area contributed by atoms with Crippen LogP contribution in [0.4, 0.5) is 5.69 Å². The Labute approximate surface area is 123 Å². The second-order valence-corrected chi connectivity index (χ2v) is 6.65. The minimum atomic E-state index is 0.972. The Morgan fingerprint density at radius 2 is 1.95 bits per heavy atom. The van der Waals surface area contributed by atoms with E-state index >= 15 is 0 Å². The summed E-state index contributed by atoms with van der Waals surface area (Å²) in [6, 6.07) is 7.02. The smallest absolute Gasteiger partial charge is 0.0396 e. The van der Waals surface area contributed by atoms with Crippen molar-refractivity contribution in [2.45, 2.75) is 46.1 Å². The highest BCUT2D eigenvalue weighted by atomic mass is 15.2. The molecule has 1 aromatic rings. The highest BCUT2D eigenvalue weighted by Gasteiger charge is 2.36. The Kier molecular flexibility index (Phi) is 4.30. The molecule has 2 atom stereocenters. The molecule has 110 valence electrons. The van der Waals surface area contributed by atoms with Crippen molar-refractivity contribution in [2.75, 3.05) is 24.5 Å². The zero-order valence-electron chi connectivity index (χ0n) is 13.0. The lowest BCUT2D eigenvalue weighted by atomic mass is 10.0. The monoisotopic (exact) mass is 272 g/mol. The molecule has 1 saturated carbocycles. The number of hydrogen-bond donors (Lipinski definition) is 1. The van der Waals surface area contributed by atoms with E-state index in [2.05, 4.69) is 42.3 Å². The maximum Gasteiger partial charge on any atom is 0.0396 e. The molecular weight excluding hydrogens is 244 g/mol. The standard InChI is InChI=1S/C18H28N2/c1-3-9-19-11-15-7-8-18(14(2)10-15)20-12-16-5-4-6-17(16)13-20/h7-8,10,16-17,19H,3-6,9,11-13H2,1-2H3. The second kappa shape index (κ2) is 6.17. The number of aryl methyl sites for hydroxylation is 1. The van der Waals surface area contributed by atoms with Gasteiger partial charge in [0, 0.05) is 25.3 Å². The molecule has 3 rings (SSSR count). The average Bonchev–Trinajstić information content (AvgIpc) is 3.00. The third-order valence-electron chi connectivity index (χ3n) is 5.08. The Morgan fingerprint density at radius 1 is 1.20 bits per heavy atom. The molecule has 1 saturated heterocycles. The third-order valence-corrected chi connectivity index (χ3v) is 5.08. The van der Waals surface area contributed by atoms with E-state index in [1.165, 1.54) is 55.6 Å². The highest BCUT2D eigenvalue weighted by Crippen LogP contribution is 2.40. The zero-order chi connectivity index (χ0) is 13.9. The molecule has 1 heterocycles. The van der Waals surface area contributed by atoms with Crippen LogP contribution in [0.2, 0.25) is 0 Å². The van der Waals surface area contributed by atoms with Crippen molar-refractivity contribution in [1.82, 2.24) is 5.32 Å². The normalized spacial score (nSPS) is 25.2. The molecule has 2 nitrogen and oxygen atoms in total. The van der Waals surface area contributed by atoms with Crippen LogP contribution in [0.1, 0.15) is 43.7 Å². The Bertz CT molecular complexity index is 443. The van der Waals surface area contributed by atoms with E-state index in [-0.39, 0.29) is 0 Å². The summed E-state index contributed by atoms with van der Waals surface area (Å²) in [4.78, 5) is 2.63. The van der Waals surface area contributed by atoms with Gasteiger partial charge in [-0.1, -0.05) is 25.5 Å². The zero-order valence-corrected chi connectivity index (χ0v) is 13.0. The van der Waals surface area contributed by atoms with Crippen LogP contribution in [-0.4, -0.2) is 19.6 Å². The fraction of sp³-hybridized carbons (Fsp3) is 0.667. The van der Waals surface area contributed by atoms with Gasteiger partial charge >= 0.3 is 0 Å². The molecule has 0 radical (unpaired) electrons. The lowest BCUT2D eigenvalue weighted by Gasteiger charge is -2.22.